The molecule has 1 N–H and O–H groups in total. The number of carbonyl (C=O) groups is 2. The number of phenolic OH excluding ortho intramolecular Hbond substituents is 1. The van der Waals surface area contributed by atoms with Crippen LogP contribution in [0.15, 0.2) is 47.4 Å². The van der Waals surface area contributed by atoms with Gasteiger partial charge >= 0.3 is 0 Å². The molecule has 24 heavy (non-hydrogen) atoms. The number of hydrogen-bond acceptors (Lipinski definition) is 5. The smallest absolute Gasteiger partial charge is 0.298 e. The maximum atomic E-state index is 12.6. The van der Waals surface area contributed by atoms with Crippen molar-refractivity contribution in [1.82, 2.24) is 0 Å². The van der Waals surface area contributed by atoms with Crippen LogP contribution < -0.4 is 9.64 Å². The summed E-state index contributed by atoms with van der Waals surface area (Å²) >= 11 is 6.92. The second kappa shape index (κ2) is 6.59. The zero-order valence-corrected chi connectivity index (χ0v) is 14.1. The molecular weight excluding hydrogens is 350 g/mol. The first-order valence-corrected chi connectivity index (χ1v) is 8.10. The Bertz CT molecular complexity index is 865. The van der Waals surface area contributed by atoms with Crippen LogP contribution in [0.3, 0.4) is 0 Å². The zero-order chi connectivity index (χ0) is 17.3. The predicted octanol–water partition coefficient (Wildman–Crippen LogP) is 4.30. The quantitative estimate of drug-likeness (QED) is 0.826. The van der Waals surface area contributed by atoms with E-state index in [0.717, 1.165) is 16.7 Å². The third kappa shape index (κ3) is 2.98. The van der Waals surface area contributed by atoms with E-state index in [-0.39, 0.29) is 16.4 Å². The number of benzene rings is 2. The molecule has 7 heteroatoms. The SMILES string of the molecule is COc1cc(/C=C2\SC(=O)N(c3ccccc3Cl)C2=O)ccc1O. The summed E-state index contributed by atoms with van der Waals surface area (Å²) in [7, 11) is 1.43. The summed E-state index contributed by atoms with van der Waals surface area (Å²) in [4.78, 5) is 26.1. The first kappa shape index (κ1) is 16.4. The van der Waals surface area contributed by atoms with E-state index in [1.54, 1.807) is 42.5 Å². The van der Waals surface area contributed by atoms with Crippen molar-refractivity contribution in [3.8, 4) is 11.5 Å². The van der Waals surface area contributed by atoms with Crippen LogP contribution in [0.5, 0.6) is 11.5 Å². The number of rotatable bonds is 3. The van der Waals surface area contributed by atoms with Crippen molar-refractivity contribution >= 4 is 46.3 Å². The van der Waals surface area contributed by atoms with Crippen LogP contribution in [0.25, 0.3) is 6.08 Å². The van der Waals surface area contributed by atoms with Crippen LogP contribution in [-0.4, -0.2) is 23.4 Å². The fraction of sp³-hybridized carbons (Fsp3) is 0.0588. The fourth-order valence-corrected chi connectivity index (χ4v) is 3.30. The molecule has 0 radical (unpaired) electrons. The van der Waals surface area contributed by atoms with Gasteiger partial charge in [-0.15, -0.1) is 0 Å². The first-order valence-electron chi connectivity index (χ1n) is 6.91. The van der Waals surface area contributed by atoms with Crippen molar-refractivity contribution in [2.75, 3.05) is 12.0 Å². The lowest BCUT2D eigenvalue weighted by Gasteiger charge is -2.13. The van der Waals surface area contributed by atoms with E-state index in [9.17, 15) is 14.7 Å². The number of amides is 2. The largest absolute Gasteiger partial charge is 0.504 e. The van der Waals surface area contributed by atoms with Crippen molar-refractivity contribution in [3.63, 3.8) is 0 Å². The fourth-order valence-electron chi connectivity index (χ4n) is 2.24. The summed E-state index contributed by atoms with van der Waals surface area (Å²) in [6, 6.07) is 11.3. The van der Waals surface area contributed by atoms with E-state index in [1.165, 1.54) is 13.2 Å². The number of carbonyl (C=O) groups excluding carboxylic acids is 2. The molecular formula is C17H12ClNO4S. The van der Waals surface area contributed by atoms with Crippen molar-refractivity contribution in [1.29, 1.82) is 0 Å². The maximum Gasteiger partial charge on any atom is 0.298 e. The lowest BCUT2D eigenvalue weighted by Crippen LogP contribution is -2.27. The van der Waals surface area contributed by atoms with Crippen LogP contribution in [0, 0.1) is 0 Å². The van der Waals surface area contributed by atoms with E-state index in [4.69, 9.17) is 16.3 Å². The molecule has 0 unspecified atom stereocenters. The summed E-state index contributed by atoms with van der Waals surface area (Å²) in [6.45, 7) is 0. The summed E-state index contributed by atoms with van der Waals surface area (Å²) < 4.78 is 5.04. The molecule has 2 amide bonds. The number of ether oxygens (including phenoxy) is 1. The molecule has 1 aliphatic heterocycles. The second-order valence-corrected chi connectivity index (χ2v) is 6.30. The van der Waals surface area contributed by atoms with Crippen molar-refractivity contribution in [3.05, 3.63) is 58.0 Å². The number of para-hydroxylation sites is 1. The highest BCUT2D eigenvalue weighted by molar-refractivity contribution is 8.19. The van der Waals surface area contributed by atoms with Crippen LogP contribution in [0.1, 0.15) is 5.56 Å². The van der Waals surface area contributed by atoms with Gasteiger partial charge in [0.15, 0.2) is 11.5 Å². The molecule has 0 atom stereocenters. The normalized spacial score (nSPS) is 16.1. The Kier molecular flexibility index (Phi) is 4.51. The summed E-state index contributed by atoms with van der Waals surface area (Å²) in [5, 5.41) is 9.53. The molecule has 2 aromatic rings. The molecule has 0 bridgehead atoms. The van der Waals surface area contributed by atoms with Crippen molar-refractivity contribution in [2.45, 2.75) is 0 Å². The van der Waals surface area contributed by atoms with Crippen LogP contribution in [0.4, 0.5) is 10.5 Å². The Morgan fingerprint density at radius 3 is 2.67 bits per heavy atom. The minimum Gasteiger partial charge on any atom is -0.504 e. The Hall–Kier alpha value is -2.44. The molecule has 0 spiro atoms. The number of aromatic hydroxyl groups is 1. The van der Waals surface area contributed by atoms with Gasteiger partial charge in [0.1, 0.15) is 0 Å². The van der Waals surface area contributed by atoms with Crippen molar-refractivity contribution in [2.24, 2.45) is 0 Å². The highest BCUT2D eigenvalue weighted by Gasteiger charge is 2.37. The number of thioether (sulfide) groups is 1. The van der Waals surface area contributed by atoms with Crippen LogP contribution in [-0.2, 0) is 4.79 Å². The Morgan fingerprint density at radius 1 is 1.21 bits per heavy atom. The molecule has 0 aromatic heterocycles. The summed E-state index contributed by atoms with van der Waals surface area (Å²) in [5.74, 6) is -0.155. The lowest BCUT2D eigenvalue weighted by molar-refractivity contribution is -0.113. The summed E-state index contributed by atoms with van der Waals surface area (Å²) in [6.07, 6.45) is 1.57. The number of anilines is 1. The van der Waals surface area contributed by atoms with Gasteiger partial charge in [-0.05, 0) is 47.7 Å². The van der Waals surface area contributed by atoms with Gasteiger partial charge in [-0.2, -0.15) is 0 Å². The number of phenols is 1. The lowest BCUT2D eigenvalue weighted by atomic mass is 10.2. The van der Waals surface area contributed by atoms with E-state index in [0.29, 0.717) is 16.3 Å². The van der Waals surface area contributed by atoms with Crippen LogP contribution >= 0.6 is 23.4 Å². The molecule has 1 heterocycles. The van der Waals surface area contributed by atoms with E-state index in [1.807, 2.05) is 0 Å². The van der Waals surface area contributed by atoms with Gasteiger partial charge in [-0.1, -0.05) is 29.8 Å². The van der Waals surface area contributed by atoms with Crippen LogP contribution in [0.2, 0.25) is 5.02 Å². The highest BCUT2D eigenvalue weighted by Crippen LogP contribution is 2.39. The minimum atomic E-state index is -0.440. The molecule has 2 aromatic carbocycles. The highest BCUT2D eigenvalue weighted by atomic mass is 35.5. The topological polar surface area (TPSA) is 66.8 Å². The van der Waals surface area contributed by atoms with Gasteiger partial charge in [0, 0.05) is 0 Å². The average molecular weight is 362 g/mol. The molecule has 5 nitrogen and oxygen atoms in total. The number of nitrogens with zero attached hydrogens (tertiary/aromatic N) is 1. The Labute approximate surface area is 147 Å². The third-order valence-electron chi connectivity index (χ3n) is 3.39. The number of imide groups is 1. The standard InChI is InChI=1S/C17H12ClNO4S/c1-23-14-8-10(6-7-13(14)20)9-15-16(21)19(17(22)24-15)12-5-3-2-4-11(12)18/h2-9,20H,1H3/b15-9-. The summed E-state index contributed by atoms with van der Waals surface area (Å²) in [5.41, 5.74) is 0.989. The Balaban J connectivity index is 1.96. The van der Waals surface area contributed by atoms with Gasteiger partial charge in [0.25, 0.3) is 11.1 Å². The van der Waals surface area contributed by atoms with Gasteiger partial charge in [0.2, 0.25) is 0 Å². The molecule has 1 aliphatic rings. The van der Waals surface area contributed by atoms with Gasteiger partial charge in [0.05, 0.1) is 22.7 Å². The second-order valence-electron chi connectivity index (χ2n) is 4.90. The Morgan fingerprint density at radius 2 is 1.96 bits per heavy atom. The predicted molar refractivity (Wildman–Crippen MR) is 94.6 cm³/mol. The molecule has 1 saturated heterocycles. The molecule has 3 rings (SSSR count). The molecule has 122 valence electrons. The first-order chi connectivity index (χ1) is 11.5. The zero-order valence-electron chi connectivity index (χ0n) is 12.5. The molecule has 0 saturated carbocycles. The van der Waals surface area contributed by atoms with Gasteiger partial charge < -0.3 is 9.84 Å². The number of halogens is 1. The van der Waals surface area contributed by atoms with Crippen molar-refractivity contribution < 1.29 is 19.4 Å². The van der Waals surface area contributed by atoms with Gasteiger partial charge in [-0.3, -0.25) is 9.59 Å². The number of hydrogen-bond donors (Lipinski definition) is 1. The van der Waals surface area contributed by atoms with Gasteiger partial charge in [-0.25, -0.2) is 4.90 Å². The average Bonchev–Trinajstić information content (AvgIpc) is 2.84. The number of methoxy groups -OCH3 is 1. The third-order valence-corrected chi connectivity index (χ3v) is 4.58. The maximum absolute atomic E-state index is 12.6. The monoisotopic (exact) mass is 361 g/mol. The van der Waals surface area contributed by atoms with E-state index in [2.05, 4.69) is 0 Å². The molecule has 0 aliphatic carbocycles. The molecule has 1 fully saturated rings. The van der Waals surface area contributed by atoms with E-state index >= 15 is 0 Å². The minimum absolute atomic E-state index is 0.00109. The van der Waals surface area contributed by atoms with E-state index < -0.39 is 11.1 Å².